The second-order valence-electron chi connectivity index (χ2n) is 8.50. The lowest BCUT2D eigenvalue weighted by molar-refractivity contribution is -0.149. The van der Waals surface area contributed by atoms with Gasteiger partial charge in [0.15, 0.2) is 0 Å². The molecule has 1 N–H and O–H groups in total. The van der Waals surface area contributed by atoms with E-state index in [0.29, 0.717) is 12.0 Å². The Balaban J connectivity index is 1.81. The fourth-order valence-corrected chi connectivity index (χ4v) is 4.71. The summed E-state index contributed by atoms with van der Waals surface area (Å²) in [5.41, 5.74) is 2.76. The molecule has 32 heavy (non-hydrogen) atoms. The standard InChI is InChI=1S/C25H30O7/c1-6-13(2)23(27)30-12-17(9-10-26)25(29)31-19-11-15(4)18-8-7-14(3)20(18)22-21(19)16(5)24(28)32-22/h6-7,9,18-22,26H,4-5,8,10-12H2,1-3H3/b13-6+,17-9+/t18-,19+,20-,21+,22+/m0/s1. The fourth-order valence-electron chi connectivity index (χ4n) is 4.71. The Bertz CT molecular complexity index is 936. The smallest absolute Gasteiger partial charge is 0.337 e. The normalized spacial score (nSPS) is 30.2. The van der Waals surface area contributed by atoms with Crippen molar-refractivity contribution in [2.75, 3.05) is 13.2 Å². The molecule has 0 aromatic heterocycles. The fraction of sp³-hybridized carbons (Fsp3) is 0.480. The molecule has 1 heterocycles. The molecule has 7 heteroatoms. The molecule has 7 nitrogen and oxygen atoms in total. The maximum absolute atomic E-state index is 13.0. The van der Waals surface area contributed by atoms with Crippen LogP contribution >= 0.6 is 0 Å². The van der Waals surface area contributed by atoms with Gasteiger partial charge in [-0.15, -0.1) is 0 Å². The Morgan fingerprint density at radius 2 is 2.00 bits per heavy atom. The predicted octanol–water partition coefficient (Wildman–Crippen LogP) is 2.97. The number of ether oxygens (including phenoxy) is 3. The summed E-state index contributed by atoms with van der Waals surface area (Å²) in [6.07, 6.45) is 4.99. The third-order valence-corrected chi connectivity index (χ3v) is 6.63. The average Bonchev–Trinajstić information content (AvgIpc) is 3.25. The van der Waals surface area contributed by atoms with Gasteiger partial charge in [0.2, 0.25) is 0 Å². The number of fused-ring (bicyclic) bond motifs is 3. The van der Waals surface area contributed by atoms with Crippen molar-refractivity contribution in [3.05, 3.63) is 59.3 Å². The maximum Gasteiger partial charge on any atom is 0.337 e. The van der Waals surface area contributed by atoms with Gasteiger partial charge in [-0.1, -0.05) is 36.5 Å². The van der Waals surface area contributed by atoms with Crippen molar-refractivity contribution in [2.45, 2.75) is 45.8 Å². The monoisotopic (exact) mass is 442 g/mol. The molecule has 0 aromatic carbocycles. The zero-order valence-corrected chi connectivity index (χ0v) is 18.8. The molecule has 0 amide bonds. The second kappa shape index (κ2) is 9.69. The Labute approximate surface area is 188 Å². The molecule has 5 atom stereocenters. The van der Waals surface area contributed by atoms with Gasteiger partial charge in [-0.05, 0) is 39.2 Å². The largest absolute Gasteiger partial charge is 0.458 e. The van der Waals surface area contributed by atoms with Crippen molar-refractivity contribution < 1.29 is 33.7 Å². The molecule has 2 aliphatic carbocycles. The van der Waals surface area contributed by atoms with Gasteiger partial charge >= 0.3 is 17.9 Å². The Kier molecular flexibility index (Phi) is 7.19. The van der Waals surface area contributed by atoms with E-state index in [-0.39, 0.29) is 29.6 Å². The van der Waals surface area contributed by atoms with Crippen molar-refractivity contribution in [2.24, 2.45) is 17.8 Å². The minimum Gasteiger partial charge on any atom is -0.458 e. The molecule has 1 saturated heterocycles. The first-order chi connectivity index (χ1) is 15.2. The molecule has 0 radical (unpaired) electrons. The van der Waals surface area contributed by atoms with Crippen LogP contribution in [0.5, 0.6) is 0 Å². The van der Waals surface area contributed by atoms with Gasteiger partial charge in [-0.25, -0.2) is 14.4 Å². The van der Waals surface area contributed by atoms with Crippen molar-refractivity contribution in [1.82, 2.24) is 0 Å². The van der Waals surface area contributed by atoms with Crippen molar-refractivity contribution >= 4 is 17.9 Å². The molecule has 2 fully saturated rings. The van der Waals surface area contributed by atoms with Crippen LogP contribution in [0.15, 0.2) is 59.3 Å². The first-order valence-corrected chi connectivity index (χ1v) is 10.7. The molecular weight excluding hydrogens is 412 g/mol. The molecule has 0 spiro atoms. The van der Waals surface area contributed by atoms with E-state index < -0.39 is 42.6 Å². The summed E-state index contributed by atoms with van der Waals surface area (Å²) in [6, 6.07) is 0. The molecule has 0 bridgehead atoms. The van der Waals surface area contributed by atoms with Crippen LogP contribution in [0.1, 0.15) is 33.6 Å². The summed E-state index contributed by atoms with van der Waals surface area (Å²) in [6.45, 7) is 12.7. The molecule has 1 aliphatic heterocycles. The van der Waals surface area contributed by atoms with Gasteiger partial charge in [0.05, 0.1) is 18.1 Å². The number of esters is 3. The number of allylic oxidation sites excluding steroid dienone is 2. The predicted molar refractivity (Wildman–Crippen MR) is 117 cm³/mol. The zero-order valence-electron chi connectivity index (χ0n) is 18.8. The van der Waals surface area contributed by atoms with Crippen molar-refractivity contribution in [3.63, 3.8) is 0 Å². The minimum absolute atomic E-state index is 0.0169. The van der Waals surface area contributed by atoms with Crippen LogP contribution in [0, 0.1) is 17.8 Å². The number of aliphatic hydroxyl groups is 1. The zero-order chi connectivity index (χ0) is 23.6. The van der Waals surface area contributed by atoms with Crippen LogP contribution in [0.2, 0.25) is 0 Å². The van der Waals surface area contributed by atoms with E-state index in [1.165, 1.54) is 6.08 Å². The Hall–Kier alpha value is -2.93. The van der Waals surface area contributed by atoms with Crippen LogP contribution in [0.3, 0.4) is 0 Å². The van der Waals surface area contributed by atoms with Gasteiger partial charge in [0.1, 0.15) is 18.8 Å². The van der Waals surface area contributed by atoms with Crippen molar-refractivity contribution in [1.29, 1.82) is 0 Å². The quantitative estimate of drug-likeness (QED) is 0.292. The number of carbonyl (C=O) groups excluding carboxylic acids is 3. The Morgan fingerprint density at radius 1 is 1.28 bits per heavy atom. The van der Waals surface area contributed by atoms with Gasteiger partial charge in [-0.2, -0.15) is 0 Å². The van der Waals surface area contributed by atoms with Gasteiger partial charge < -0.3 is 19.3 Å². The number of carbonyl (C=O) groups is 3. The SMILES string of the molecule is C=C1C(=O)O[C@@H]2[C@H]3C(C)=CC[C@H]3C(=C)C[C@@H](OC(=O)/C(=C/CO)COC(=O)/C(C)=C/C)[C@@H]12. The summed E-state index contributed by atoms with van der Waals surface area (Å²) in [5, 5.41) is 9.33. The highest BCUT2D eigenvalue weighted by Crippen LogP contribution is 2.51. The Morgan fingerprint density at radius 3 is 2.66 bits per heavy atom. The first-order valence-electron chi connectivity index (χ1n) is 10.7. The number of rotatable bonds is 6. The summed E-state index contributed by atoms with van der Waals surface area (Å²) in [5.74, 6) is -2.17. The average molecular weight is 443 g/mol. The van der Waals surface area contributed by atoms with Crippen molar-refractivity contribution in [3.8, 4) is 0 Å². The van der Waals surface area contributed by atoms with E-state index >= 15 is 0 Å². The van der Waals surface area contributed by atoms with Gasteiger partial charge in [0, 0.05) is 23.5 Å². The molecule has 0 unspecified atom stereocenters. The van der Waals surface area contributed by atoms with Crippen LogP contribution in [-0.4, -0.2) is 48.4 Å². The van der Waals surface area contributed by atoms with Crippen LogP contribution in [-0.2, 0) is 28.6 Å². The number of hydrogen-bond donors (Lipinski definition) is 1. The number of hydrogen-bond acceptors (Lipinski definition) is 7. The highest BCUT2D eigenvalue weighted by Gasteiger charge is 2.54. The summed E-state index contributed by atoms with van der Waals surface area (Å²) in [7, 11) is 0. The minimum atomic E-state index is -0.729. The molecule has 3 aliphatic rings. The third-order valence-electron chi connectivity index (χ3n) is 6.63. The molecular formula is C25H30O7. The van der Waals surface area contributed by atoms with E-state index in [9.17, 15) is 19.5 Å². The van der Waals surface area contributed by atoms with Gasteiger partial charge in [0.25, 0.3) is 0 Å². The topological polar surface area (TPSA) is 99.1 Å². The second-order valence-corrected chi connectivity index (χ2v) is 8.50. The van der Waals surface area contributed by atoms with E-state index in [4.69, 9.17) is 14.2 Å². The third kappa shape index (κ3) is 4.48. The maximum atomic E-state index is 13.0. The molecule has 172 valence electrons. The van der Waals surface area contributed by atoms with E-state index in [1.54, 1.807) is 19.9 Å². The molecule has 1 saturated carbocycles. The van der Waals surface area contributed by atoms with Crippen LogP contribution < -0.4 is 0 Å². The summed E-state index contributed by atoms with van der Waals surface area (Å²) < 4.78 is 16.7. The summed E-state index contributed by atoms with van der Waals surface area (Å²) >= 11 is 0. The lowest BCUT2D eigenvalue weighted by Crippen LogP contribution is -2.36. The van der Waals surface area contributed by atoms with E-state index in [1.807, 2.05) is 6.92 Å². The highest BCUT2D eigenvalue weighted by molar-refractivity contribution is 5.93. The molecule has 0 aromatic rings. The summed E-state index contributed by atoms with van der Waals surface area (Å²) in [4.78, 5) is 37.3. The van der Waals surface area contributed by atoms with E-state index in [0.717, 1.165) is 17.6 Å². The van der Waals surface area contributed by atoms with Crippen LogP contribution in [0.4, 0.5) is 0 Å². The lowest BCUT2D eigenvalue weighted by Gasteiger charge is -2.28. The van der Waals surface area contributed by atoms with E-state index in [2.05, 4.69) is 19.2 Å². The molecule has 3 rings (SSSR count). The van der Waals surface area contributed by atoms with Crippen LogP contribution in [0.25, 0.3) is 0 Å². The first kappa shape index (κ1) is 23.7. The lowest BCUT2D eigenvalue weighted by atomic mass is 9.80. The highest BCUT2D eigenvalue weighted by atomic mass is 16.6. The van der Waals surface area contributed by atoms with Gasteiger partial charge in [-0.3, -0.25) is 0 Å². The number of aliphatic hydroxyl groups excluding tert-OH is 1.